The number of thiazole rings is 1. The Hall–Kier alpha value is -2.53. The van der Waals surface area contributed by atoms with Crippen molar-refractivity contribution in [2.75, 3.05) is 12.4 Å². The number of rotatable bonds is 4. The second-order valence-electron chi connectivity index (χ2n) is 4.42. The van der Waals surface area contributed by atoms with E-state index in [9.17, 15) is 0 Å². The van der Waals surface area contributed by atoms with Crippen LogP contribution in [0, 0.1) is 0 Å². The number of anilines is 2. The summed E-state index contributed by atoms with van der Waals surface area (Å²) in [7, 11) is 1.76. The Kier molecular flexibility index (Phi) is 4.02. The van der Waals surface area contributed by atoms with Gasteiger partial charge < -0.3 is 5.32 Å². The third-order valence-electron chi connectivity index (χ3n) is 2.88. The molecule has 0 fully saturated rings. The highest BCUT2D eigenvalue weighted by Crippen LogP contribution is 2.26. The molecule has 1 aromatic carbocycles. The van der Waals surface area contributed by atoms with Crippen LogP contribution in [-0.4, -0.2) is 23.2 Å². The smallest absolute Gasteiger partial charge is 0.187 e. The lowest BCUT2D eigenvalue weighted by atomic mass is 10.2. The van der Waals surface area contributed by atoms with Crippen LogP contribution in [0.2, 0.25) is 0 Å². The molecule has 0 radical (unpaired) electrons. The van der Waals surface area contributed by atoms with Gasteiger partial charge in [0.15, 0.2) is 5.13 Å². The second-order valence-corrected chi connectivity index (χ2v) is 5.28. The van der Waals surface area contributed by atoms with Gasteiger partial charge in [-0.15, -0.1) is 11.3 Å². The molecule has 0 bridgehead atoms. The van der Waals surface area contributed by atoms with Gasteiger partial charge in [0.1, 0.15) is 0 Å². The minimum Gasteiger partial charge on any atom is -0.332 e. The van der Waals surface area contributed by atoms with Gasteiger partial charge in [-0.2, -0.15) is 0 Å². The van der Waals surface area contributed by atoms with E-state index in [1.54, 1.807) is 24.6 Å². The van der Waals surface area contributed by atoms with Crippen LogP contribution in [0.3, 0.4) is 0 Å². The predicted octanol–water partition coefficient (Wildman–Crippen LogP) is 4.00. The fourth-order valence-electron chi connectivity index (χ4n) is 1.95. The van der Waals surface area contributed by atoms with E-state index in [4.69, 9.17) is 0 Å². The summed E-state index contributed by atoms with van der Waals surface area (Å²) in [5, 5.41) is 6.20. The molecule has 2 aromatic heterocycles. The number of hydrogen-bond donors (Lipinski definition) is 1. The van der Waals surface area contributed by atoms with Gasteiger partial charge in [-0.05, 0) is 29.8 Å². The van der Waals surface area contributed by atoms with Crippen molar-refractivity contribution in [3.05, 3.63) is 59.7 Å². The highest BCUT2D eigenvalue weighted by atomic mass is 32.1. The summed E-state index contributed by atoms with van der Waals surface area (Å²) in [6.07, 6.45) is 5.40. The molecule has 3 rings (SSSR count). The van der Waals surface area contributed by atoms with Crippen LogP contribution in [0.15, 0.2) is 59.2 Å². The van der Waals surface area contributed by atoms with E-state index in [2.05, 4.69) is 20.3 Å². The average molecular weight is 294 g/mol. The number of pyridine rings is 1. The van der Waals surface area contributed by atoms with Crippen LogP contribution in [0.5, 0.6) is 0 Å². The van der Waals surface area contributed by atoms with Crippen molar-refractivity contribution in [1.82, 2.24) is 9.97 Å². The van der Waals surface area contributed by atoms with Gasteiger partial charge in [0, 0.05) is 42.3 Å². The zero-order chi connectivity index (χ0) is 14.5. The lowest BCUT2D eigenvalue weighted by molar-refractivity contribution is 1.30. The number of benzene rings is 1. The SMILES string of the molecule is CN=Cc1cccc(Nc2nc(-c3cccnc3)cs2)c1. The predicted molar refractivity (Wildman–Crippen MR) is 88.6 cm³/mol. The third kappa shape index (κ3) is 3.32. The first-order chi connectivity index (χ1) is 10.3. The van der Waals surface area contributed by atoms with E-state index < -0.39 is 0 Å². The molecule has 0 saturated carbocycles. The Morgan fingerprint density at radius 2 is 2.19 bits per heavy atom. The lowest BCUT2D eigenvalue weighted by Crippen LogP contribution is -1.91. The maximum atomic E-state index is 4.59. The van der Waals surface area contributed by atoms with Crippen LogP contribution in [0.25, 0.3) is 11.3 Å². The molecule has 0 aliphatic rings. The Labute approximate surface area is 127 Å². The zero-order valence-electron chi connectivity index (χ0n) is 11.5. The Morgan fingerprint density at radius 3 is 3.00 bits per heavy atom. The largest absolute Gasteiger partial charge is 0.332 e. The van der Waals surface area contributed by atoms with Crippen LogP contribution in [0.4, 0.5) is 10.8 Å². The molecule has 4 nitrogen and oxygen atoms in total. The van der Waals surface area contributed by atoms with Gasteiger partial charge in [-0.1, -0.05) is 12.1 Å². The molecular formula is C16H14N4S. The van der Waals surface area contributed by atoms with E-state index in [1.165, 1.54) is 0 Å². The second kappa shape index (κ2) is 6.28. The van der Waals surface area contributed by atoms with Gasteiger partial charge in [-0.25, -0.2) is 4.98 Å². The van der Waals surface area contributed by atoms with E-state index in [-0.39, 0.29) is 0 Å². The molecule has 2 heterocycles. The number of nitrogens with one attached hydrogen (secondary N) is 1. The van der Waals surface area contributed by atoms with Crippen molar-refractivity contribution in [2.45, 2.75) is 0 Å². The fraction of sp³-hybridized carbons (Fsp3) is 0.0625. The number of nitrogens with zero attached hydrogens (tertiary/aromatic N) is 3. The maximum absolute atomic E-state index is 4.59. The Balaban J connectivity index is 1.80. The van der Waals surface area contributed by atoms with Crippen molar-refractivity contribution >= 4 is 28.4 Å². The standard InChI is InChI=1S/C16H14N4S/c1-17-9-12-4-2-6-14(8-12)19-16-20-15(11-21-16)13-5-3-7-18-10-13/h2-11H,1H3,(H,19,20). The van der Waals surface area contributed by atoms with Gasteiger partial charge in [-0.3, -0.25) is 9.98 Å². The van der Waals surface area contributed by atoms with E-state index in [0.717, 1.165) is 27.6 Å². The molecule has 0 spiro atoms. The minimum absolute atomic E-state index is 0.861. The van der Waals surface area contributed by atoms with Crippen molar-refractivity contribution in [3.8, 4) is 11.3 Å². The van der Waals surface area contributed by atoms with Gasteiger partial charge >= 0.3 is 0 Å². The first kappa shape index (κ1) is 13.5. The number of hydrogen-bond acceptors (Lipinski definition) is 5. The molecule has 21 heavy (non-hydrogen) atoms. The van der Waals surface area contributed by atoms with Crippen molar-refractivity contribution in [2.24, 2.45) is 4.99 Å². The minimum atomic E-state index is 0.861. The summed E-state index contributed by atoms with van der Waals surface area (Å²) in [6.45, 7) is 0. The van der Waals surface area contributed by atoms with E-state index >= 15 is 0 Å². The maximum Gasteiger partial charge on any atom is 0.187 e. The first-order valence-corrected chi connectivity index (χ1v) is 7.38. The topological polar surface area (TPSA) is 50.2 Å². The molecule has 0 unspecified atom stereocenters. The summed E-state index contributed by atoms with van der Waals surface area (Å²) in [6, 6.07) is 12.0. The number of aliphatic imine (C=N–C) groups is 1. The van der Waals surface area contributed by atoms with Gasteiger partial charge in [0.25, 0.3) is 0 Å². The van der Waals surface area contributed by atoms with Crippen LogP contribution >= 0.6 is 11.3 Å². The van der Waals surface area contributed by atoms with Crippen molar-refractivity contribution in [3.63, 3.8) is 0 Å². The molecule has 5 heteroatoms. The molecule has 0 saturated heterocycles. The van der Waals surface area contributed by atoms with E-state index in [0.29, 0.717) is 0 Å². The summed E-state index contributed by atoms with van der Waals surface area (Å²) < 4.78 is 0. The molecule has 1 N–H and O–H groups in total. The number of aromatic nitrogens is 2. The zero-order valence-corrected chi connectivity index (χ0v) is 12.3. The normalized spacial score (nSPS) is 10.9. The highest BCUT2D eigenvalue weighted by Gasteiger charge is 2.05. The molecule has 104 valence electrons. The molecule has 0 amide bonds. The average Bonchev–Trinajstić information content (AvgIpc) is 2.97. The molecule has 0 aliphatic carbocycles. The van der Waals surface area contributed by atoms with Crippen LogP contribution < -0.4 is 5.32 Å². The van der Waals surface area contributed by atoms with Gasteiger partial charge in [0.2, 0.25) is 0 Å². The lowest BCUT2D eigenvalue weighted by Gasteiger charge is -2.03. The highest BCUT2D eigenvalue weighted by molar-refractivity contribution is 7.14. The molecule has 0 aliphatic heterocycles. The van der Waals surface area contributed by atoms with Crippen LogP contribution in [0.1, 0.15) is 5.56 Å². The van der Waals surface area contributed by atoms with Crippen molar-refractivity contribution in [1.29, 1.82) is 0 Å². The Morgan fingerprint density at radius 1 is 1.24 bits per heavy atom. The molecule has 3 aromatic rings. The summed E-state index contributed by atoms with van der Waals surface area (Å²) >= 11 is 1.57. The summed E-state index contributed by atoms with van der Waals surface area (Å²) in [4.78, 5) is 12.7. The monoisotopic (exact) mass is 294 g/mol. The molecular weight excluding hydrogens is 280 g/mol. The first-order valence-electron chi connectivity index (χ1n) is 6.50. The van der Waals surface area contributed by atoms with Crippen molar-refractivity contribution < 1.29 is 0 Å². The summed E-state index contributed by atoms with van der Waals surface area (Å²) in [5.74, 6) is 0. The van der Waals surface area contributed by atoms with Gasteiger partial charge in [0.05, 0.1) is 5.69 Å². The van der Waals surface area contributed by atoms with E-state index in [1.807, 2.05) is 54.2 Å². The molecule has 0 atom stereocenters. The third-order valence-corrected chi connectivity index (χ3v) is 3.64. The quantitative estimate of drug-likeness (QED) is 0.740. The van der Waals surface area contributed by atoms with Crippen LogP contribution in [-0.2, 0) is 0 Å². The summed E-state index contributed by atoms with van der Waals surface area (Å²) in [5.41, 5.74) is 4.02. The fourth-order valence-corrected chi connectivity index (χ4v) is 2.69. The Bertz CT molecular complexity index is 750.